The number of thiophene rings is 1. The molecule has 31 heavy (non-hydrogen) atoms. The van der Waals surface area contributed by atoms with Gasteiger partial charge in [-0.25, -0.2) is 15.2 Å². The van der Waals surface area contributed by atoms with E-state index in [1.54, 1.807) is 5.01 Å². The number of benzene rings is 1. The molecule has 0 bridgehead atoms. The van der Waals surface area contributed by atoms with E-state index in [1.165, 1.54) is 21.0 Å². The monoisotopic (exact) mass is 458 g/mol. The first-order valence-electron chi connectivity index (χ1n) is 10.9. The zero-order valence-corrected chi connectivity index (χ0v) is 19.8. The zero-order chi connectivity index (χ0) is 21.7. The van der Waals surface area contributed by atoms with Crippen LogP contribution in [0.25, 0.3) is 6.08 Å². The summed E-state index contributed by atoms with van der Waals surface area (Å²) in [5.74, 6) is 0. The zero-order valence-electron chi connectivity index (χ0n) is 18.3. The number of anilines is 2. The smallest absolute Gasteiger partial charge is 0.336 e. The van der Waals surface area contributed by atoms with Crippen molar-refractivity contribution >= 4 is 44.9 Å². The second-order valence-electron chi connectivity index (χ2n) is 8.21. The summed E-state index contributed by atoms with van der Waals surface area (Å²) in [5, 5.41) is 3.94. The van der Waals surface area contributed by atoms with Gasteiger partial charge < -0.3 is 9.80 Å². The first-order valence-corrected chi connectivity index (χ1v) is 12.9. The number of hydrogen-bond donors (Lipinski definition) is 1. The number of carbonyl (C=O) groups excluding carboxylic acids is 1. The van der Waals surface area contributed by atoms with E-state index in [0.717, 1.165) is 30.2 Å². The predicted octanol–water partition coefficient (Wildman–Crippen LogP) is 4.59. The number of carbonyl (C=O) groups is 1. The van der Waals surface area contributed by atoms with Crippen molar-refractivity contribution in [3.05, 3.63) is 51.4 Å². The van der Waals surface area contributed by atoms with Gasteiger partial charge in [-0.2, -0.15) is 0 Å². The third-order valence-electron chi connectivity index (χ3n) is 6.57. The summed E-state index contributed by atoms with van der Waals surface area (Å²) in [6.07, 6.45) is 7.91. The highest BCUT2D eigenvalue weighted by atomic mass is 35.5. The molecule has 2 atom stereocenters. The summed E-state index contributed by atoms with van der Waals surface area (Å²) in [5.41, 5.74) is 7.44. The highest BCUT2D eigenvalue weighted by Gasteiger charge is 2.45. The fourth-order valence-corrected chi connectivity index (χ4v) is 7.43. The van der Waals surface area contributed by atoms with Gasteiger partial charge >= 0.3 is 6.03 Å². The lowest BCUT2D eigenvalue weighted by molar-refractivity contribution is 0.147. The normalized spacial score (nSPS) is 19.9. The molecule has 5 rings (SSSR count). The SMILES string of the molecule is CCN(CC)C(=O)N1CN2c3c(c4c([s+]3C)C=CC4)CN(c3ccccc3Cl)CC2N1. The number of urea groups is 1. The first kappa shape index (κ1) is 20.7. The number of fused-ring (bicyclic) bond motifs is 5. The number of allylic oxidation sites excluding steroid dienone is 1. The van der Waals surface area contributed by atoms with Crippen LogP contribution in [0.2, 0.25) is 5.02 Å². The molecule has 2 aromatic rings. The molecule has 2 unspecified atom stereocenters. The average Bonchev–Trinajstić information content (AvgIpc) is 3.44. The van der Waals surface area contributed by atoms with E-state index < -0.39 is 0 Å². The van der Waals surface area contributed by atoms with Gasteiger partial charge in [-0.3, -0.25) is 4.90 Å². The van der Waals surface area contributed by atoms with Crippen molar-refractivity contribution in [3.8, 4) is 0 Å². The van der Waals surface area contributed by atoms with E-state index in [1.807, 2.05) is 36.9 Å². The molecule has 3 heterocycles. The number of hydrogen-bond acceptors (Lipinski definition) is 4. The van der Waals surface area contributed by atoms with Gasteiger partial charge in [0.15, 0.2) is 4.88 Å². The Balaban J connectivity index is 1.57. The largest absolute Gasteiger partial charge is 0.362 e. The van der Waals surface area contributed by atoms with Crippen LogP contribution < -0.4 is 15.2 Å². The molecule has 6 nitrogen and oxygen atoms in total. The Morgan fingerprint density at radius 1 is 1.26 bits per heavy atom. The quantitative estimate of drug-likeness (QED) is 0.683. The van der Waals surface area contributed by atoms with Gasteiger partial charge in [-0.1, -0.05) is 29.8 Å². The molecule has 8 heteroatoms. The van der Waals surface area contributed by atoms with Crippen molar-refractivity contribution in [2.45, 2.75) is 33.0 Å². The van der Waals surface area contributed by atoms with E-state index in [-0.39, 0.29) is 22.7 Å². The summed E-state index contributed by atoms with van der Waals surface area (Å²) in [6, 6.07) is 8.10. The van der Waals surface area contributed by atoms with Crippen LogP contribution in [0, 0.1) is 0 Å². The fraction of sp³-hybridized carbons (Fsp3) is 0.435. The summed E-state index contributed by atoms with van der Waals surface area (Å²) in [4.78, 5) is 21.2. The Morgan fingerprint density at radius 3 is 2.77 bits per heavy atom. The average molecular weight is 459 g/mol. The maximum absolute atomic E-state index is 13.1. The van der Waals surface area contributed by atoms with Gasteiger partial charge in [0.25, 0.3) is 5.00 Å². The molecule has 3 aliphatic rings. The van der Waals surface area contributed by atoms with Gasteiger partial charge in [0, 0.05) is 29.1 Å². The molecule has 0 radical (unpaired) electrons. The lowest BCUT2D eigenvalue weighted by atomic mass is 10.1. The molecule has 2 aliphatic heterocycles. The van der Waals surface area contributed by atoms with E-state index in [9.17, 15) is 4.79 Å². The fourth-order valence-electron chi connectivity index (χ4n) is 5.00. The molecule has 1 aromatic heterocycles. The molecule has 0 spiro atoms. The molecule has 1 aromatic carbocycles. The van der Waals surface area contributed by atoms with Crippen LogP contribution in [0.4, 0.5) is 15.5 Å². The lowest BCUT2D eigenvalue weighted by Crippen LogP contribution is -2.50. The number of para-hydroxylation sites is 1. The maximum Gasteiger partial charge on any atom is 0.336 e. The predicted molar refractivity (Wildman–Crippen MR) is 130 cm³/mol. The Kier molecular flexibility index (Phi) is 5.36. The molecule has 1 saturated heterocycles. The van der Waals surface area contributed by atoms with Crippen molar-refractivity contribution in [2.75, 3.05) is 36.1 Å². The highest BCUT2D eigenvalue weighted by Crippen LogP contribution is 2.50. The van der Waals surface area contributed by atoms with Gasteiger partial charge in [0.2, 0.25) is 0 Å². The van der Waals surface area contributed by atoms with Crippen molar-refractivity contribution in [1.82, 2.24) is 15.3 Å². The molecule has 0 saturated carbocycles. The third-order valence-corrected chi connectivity index (χ3v) is 8.99. The van der Waals surface area contributed by atoms with Crippen molar-refractivity contribution < 1.29 is 4.79 Å². The van der Waals surface area contributed by atoms with Crippen molar-refractivity contribution in [3.63, 3.8) is 0 Å². The van der Waals surface area contributed by atoms with Crippen LogP contribution in [0.5, 0.6) is 0 Å². The molecule has 1 N–H and O–H groups in total. The van der Waals surface area contributed by atoms with E-state index in [2.05, 4.69) is 39.7 Å². The number of amides is 2. The van der Waals surface area contributed by atoms with Crippen LogP contribution >= 0.6 is 22.1 Å². The minimum atomic E-state index is 0.0115. The molecule has 1 aliphatic carbocycles. The topological polar surface area (TPSA) is 42.1 Å². The maximum atomic E-state index is 13.1. The Morgan fingerprint density at radius 2 is 2.03 bits per heavy atom. The van der Waals surface area contributed by atoms with E-state index in [0.29, 0.717) is 19.8 Å². The summed E-state index contributed by atoms with van der Waals surface area (Å²) in [6.45, 7) is 7.62. The van der Waals surface area contributed by atoms with Crippen LogP contribution in [0.1, 0.15) is 29.9 Å². The standard InChI is InChI=1S/C23H29ClN5OS/c1-4-26(5-2)23(30)29-15-28-21(25-29)14-27(19-11-7-6-10-18(19)24)13-17-16-9-8-12-20(16)31(3)22(17)28/h6-8,10-12,21,25H,4-5,9,13-15H2,1-3H3/q+1. The van der Waals surface area contributed by atoms with Crippen LogP contribution in [0.3, 0.4) is 0 Å². The summed E-state index contributed by atoms with van der Waals surface area (Å²) < 4.78 is 0. The van der Waals surface area contributed by atoms with Crippen molar-refractivity contribution in [1.29, 1.82) is 0 Å². The van der Waals surface area contributed by atoms with Crippen molar-refractivity contribution in [2.24, 2.45) is 6.26 Å². The number of halogens is 1. The van der Waals surface area contributed by atoms with Gasteiger partial charge in [0.05, 0.1) is 29.4 Å². The minimum Gasteiger partial charge on any atom is -0.362 e. The van der Waals surface area contributed by atoms with Gasteiger partial charge in [-0.15, -0.1) is 0 Å². The molecular weight excluding hydrogens is 430 g/mol. The Hall–Kier alpha value is -2.22. The van der Waals surface area contributed by atoms with Crippen LogP contribution in [-0.2, 0) is 19.2 Å². The summed E-state index contributed by atoms with van der Waals surface area (Å²) >= 11 is 6.61. The second kappa shape index (κ2) is 8.04. The Bertz CT molecular complexity index is 1050. The minimum absolute atomic E-state index is 0.0115. The molecule has 1 fully saturated rings. The molecule has 2 amide bonds. The van der Waals surface area contributed by atoms with E-state index >= 15 is 0 Å². The van der Waals surface area contributed by atoms with Gasteiger partial charge in [-0.05, 0) is 38.5 Å². The van der Waals surface area contributed by atoms with E-state index in [4.69, 9.17) is 11.6 Å². The molecular formula is C23H29ClN5OS+. The van der Waals surface area contributed by atoms with Gasteiger partial charge in [0.1, 0.15) is 19.1 Å². The second-order valence-corrected chi connectivity index (χ2v) is 10.5. The van der Waals surface area contributed by atoms with Crippen LogP contribution in [0.15, 0.2) is 30.3 Å². The third kappa shape index (κ3) is 3.30. The molecule has 164 valence electrons. The lowest BCUT2D eigenvalue weighted by Gasteiger charge is -2.28. The highest BCUT2D eigenvalue weighted by molar-refractivity contribution is 7.34. The Labute approximate surface area is 191 Å². The summed E-state index contributed by atoms with van der Waals surface area (Å²) in [7, 11) is 0.0115. The number of nitrogens with zero attached hydrogens (tertiary/aromatic N) is 4. The first-order chi connectivity index (χ1) is 15.0. The number of hydrazine groups is 1. The number of rotatable bonds is 3. The van der Waals surface area contributed by atoms with Crippen LogP contribution in [-0.4, -0.2) is 48.4 Å². The number of nitrogens with one attached hydrogen (secondary N) is 1.